The van der Waals surface area contributed by atoms with E-state index in [4.69, 9.17) is 5.73 Å². The summed E-state index contributed by atoms with van der Waals surface area (Å²) in [6.07, 6.45) is 2.92. The molecule has 2 N–H and O–H groups in total. The van der Waals surface area contributed by atoms with E-state index < -0.39 is 0 Å². The Morgan fingerprint density at radius 3 is 2.34 bits per heavy atom. The Kier molecular flexibility index (Phi) is 7.17. The van der Waals surface area contributed by atoms with Gasteiger partial charge in [-0.15, -0.1) is 0 Å². The van der Waals surface area contributed by atoms with Crippen LogP contribution in [0.25, 0.3) is 11.3 Å². The number of pyridine rings is 1. The normalized spacial score (nSPS) is 14.9. The maximum atomic E-state index is 12.4. The van der Waals surface area contributed by atoms with Crippen molar-refractivity contribution >= 4 is 11.7 Å². The number of amides is 1. The number of hydrogen-bond acceptors (Lipinski definition) is 4. The molecule has 0 spiro atoms. The molecule has 2 aromatic carbocycles. The molecule has 1 aromatic heterocycles. The van der Waals surface area contributed by atoms with Gasteiger partial charge in [0.1, 0.15) is 5.82 Å². The second-order valence-corrected chi connectivity index (χ2v) is 8.60. The fraction of sp³-hybridized carbons (Fsp3) is 0.333. The summed E-state index contributed by atoms with van der Waals surface area (Å²) >= 11 is 0. The quantitative estimate of drug-likeness (QED) is 0.606. The Labute approximate surface area is 190 Å². The van der Waals surface area contributed by atoms with Crippen LogP contribution in [0.15, 0.2) is 72.8 Å². The van der Waals surface area contributed by atoms with Crippen LogP contribution in [0.1, 0.15) is 30.9 Å². The molecule has 1 saturated heterocycles. The molecule has 5 nitrogen and oxygen atoms in total. The van der Waals surface area contributed by atoms with E-state index in [2.05, 4.69) is 69.4 Å². The first kappa shape index (κ1) is 22.0. The summed E-state index contributed by atoms with van der Waals surface area (Å²) in [5.41, 5.74) is 10.3. The van der Waals surface area contributed by atoms with Crippen molar-refractivity contribution in [2.24, 2.45) is 0 Å². The Morgan fingerprint density at radius 2 is 1.69 bits per heavy atom. The lowest BCUT2D eigenvalue weighted by Crippen LogP contribution is -2.47. The van der Waals surface area contributed by atoms with Gasteiger partial charge in [-0.1, -0.05) is 60.7 Å². The molecule has 5 heteroatoms. The number of hydrogen-bond donors (Lipinski definition) is 1. The number of nitrogens with two attached hydrogens (primary N) is 1. The largest absolute Gasteiger partial charge is 0.384 e. The molecule has 0 saturated carbocycles. The van der Waals surface area contributed by atoms with Crippen LogP contribution in [-0.4, -0.2) is 46.4 Å². The molecule has 166 valence electrons. The summed E-state index contributed by atoms with van der Waals surface area (Å²) in [7, 11) is 0. The van der Waals surface area contributed by atoms with Gasteiger partial charge in [0.05, 0.1) is 5.69 Å². The fourth-order valence-corrected chi connectivity index (χ4v) is 4.53. The van der Waals surface area contributed by atoms with Crippen molar-refractivity contribution in [1.82, 2.24) is 14.8 Å². The van der Waals surface area contributed by atoms with Crippen molar-refractivity contribution in [3.05, 3.63) is 83.9 Å². The Balaban J connectivity index is 1.31. The van der Waals surface area contributed by atoms with Crippen LogP contribution in [0.4, 0.5) is 5.82 Å². The highest BCUT2D eigenvalue weighted by molar-refractivity contribution is 5.73. The predicted molar refractivity (Wildman–Crippen MR) is 130 cm³/mol. The van der Waals surface area contributed by atoms with Crippen molar-refractivity contribution in [3.63, 3.8) is 0 Å². The third kappa shape index (κ3) is 5.74. The first-order valence-electron chi connectivity index (χ1n) is 11.4. The highest BCUT2D eigenvalue weighted by atomic mass is 16.2. The van der Waals surface area contributed by atoms with Crippen molar-refractivity contribution in [2.75, 3.05) is 25.4 Å². The Bertz CT molecular complexity index is 1010. The number of likely N-dealkylation sites (tertiary alicyclic amines) is 1. The highest BCUT2D eigenvalue weighted by Gasteiger charge is 2.26. The molecular weight excluding hydrogens is 396 g/mol. The highest BCUT2D eigenvalue weighted by Crippen LogP contribution is 2.21. The first-order valence-corrected chi connectivity index (χ1v) is 11.4. The summed E-state index contributed by atoms with van der Waals surface area (Å²) in [6.45, 7) is 5.51. The summed E-state index contributed by atoms with van der Waals surface area (Å²) < 4.78 is 0. The van der Waals surface area contributed by atoms with E-state index in [1.165, 1.54) is 11.1 Å². The SMILES string of the molecule is CC(=O)N(CCc1ccc(-c2cccc(N)n2)cc1)C1CCN(Cc2ccccc2)CC1. The molecule has 0 atom stereocenters. The number of anilines is 1. The van der Waals surface area contributed by atoms with Gasteiger partial charge in [-0.25, -0.2) is 4.98 Å². The number of piperidine rings is 1. The zero-order valence-corrected chi connectivity index (χ0v) is 18.8. The Hall–Kier alpha value is -3.18. The van der Waals surface area contributed by atoms with E-state index in [0.29, 0.717) is 11.9 Å². The minimum Gasteiger partial charge on any atom is -0.384 e. The van der Waals surface area contributed by atoms with Crippen molar-refractivity contribution in [1.29, 1.82) is 0 Å². The van der Waals surface area contributed by atoms with Gasteiger partial charge in [-0.3, -0.25) is 9.69 Å². The van der Waals surface area contributed by atoms with E-state index in [0.717, 1.165) is 56.7 Å². The molecule has 0 radical (unpaired) electrons. The summed E-state index contributed by atoms with van der Waals surface area (Å²) in [5.74, 6) is 0.700. The van der Waals surface area contributed by atoms with Crippen LogP contribution in [0, 0.1) is 0 Å². The average molecular weight is 429 g/mol. The van der Waals surface area contributed by atoms with Gasteiger partial charge in [-0.2, -0.15) is 0 Å². The molecule has 1 aliphatic rings. The molecule has 1 aliphatic heterocycles. The molecule has 3 aromatic rings. The standard InChI is InChI=1S/C27H32N4O/c1-21(32)31(25-15-17-30(18-16-25)20-23-6-3-2-4-7-23)19-14-22-10-12-24(13-11-22)26-8-5-9-27(28)29-26/h2-13,25H,14-20H2,1H3,(H2,28,29). The Morgan fingerprint density at radius 1 is 0.969 bits per heavy atom. The first-order chi connectivity index (χ1) is 15.6. The van der Waals surface area contributed by atoms with Gasteiger partial charge in [0, 0.05) is 44.7 Å². The molecule has 0 bridgehead atoms. The molecule has 32 heavy (non-hydrogen) atoms. The zero-order valence-electron chi connectivity index (χ0n) is 18.8. The second-order valence-electron chi connectivity index (χ2n) is 8.60. The summed E-state index contributed by atoms with van der Waals surface area (Å²) in [6, 6.07) is 25.0. The van der Waals surface area contributed by atoms with Crippen molar-refractivity contribution in [3.8, 4) is 11.3 Å². The number of nitrogen functional groups attached to an aromatic ring is 1. The predicted octanol–water partition coefficient (Wildman–Crippen LogP) is 4.39. The third-order valence-corrected chi connectivity index (χ3v) is 6.31. The van der Waals surface area contributed by atoms with Crippen LogP contribution in [-0.2, 0) is 17.8 Å². The van der Waals surface area contributed by atoms with E-state index in [1.54, 1.807) is 13.0 Å². The van der Waals surface area contributed by atoms with Gasteiger partial charge in [-0.05, 0) is 42.5 Å². The van der Waals surface area contributed by atoms with Crippen LogP contribution < -0.4 is 5.73 Å². The van der Waals surface area contributed by atoms with Crippen LogP contribution in [0.3, 0.4) is 0 Å². The van der Waals surface area contributed by atoms with Crippen molar-refractivity contribution in [2.45, 2.75) is 38.8 Å². The van der Waals surface area contributed by atoms with Gasteiger partial charge in [0.15, 0.2) is 0 Å². The monoisotopic (exact) mass is 428 g/mol. The smallest absolute Gasteiger partial charge is 0.219 e. The molecular formula is C27H32N4O. The van der Waals surface area contributed by atoms with Crippen LogP contribution in [0.5, 0.6) is 0 Å². The lowest BCUT2D eigenvalue weighted by atomic mass is 10.0. The van der Waals surface area contributed by atoms with Crippen LogP contribution >= 0.6 is 0 Å². The van der Waals surface area contributed by atoms with Gasteiger partial charge >= 0.3 is 0 Å². The van der Waals surface area contributed by atoms with Gasteiger partial charge in [0.2, 0.25) is 5.91 Å². The number of carbonyl (C=O) groups is 1. The van der Waals surface area contributed by atoms with Crippen LogP contribution in [0.2, 0.25) is 0 Å². The van der Waals surface area contributed by atoms with E-state index in [9.17, 15) is 4.79 Å². The molecule has 1 fully saturated rings. The summed E-state index contributed by atoms with van der Waals surface area (Å²) in [5, 5.41) is 0. The topological polar surface area (TPSA) is 62.5 Å². The molecule has 0 unspecified atom stereocenters. The minimum atomic E-state index is 0.173. The molecule has 0 aliphatic carbocycles. The number of benzene rings is 2. The molecule has 4 rings (SSSR count). The van der Waals surface area contributed by atoms with E-state index >= 15 is 0 Å². The van der Waals surface area contributed by atoms with Gasteiger partial charge in [0.25, 0.3) is 0 Å². The zero-order chi connectivity index (χ0) is 22.3. The third-order valence-electron chi connectivity index (χ3n) is 6.31. The minimum absolute atomic E-state index is 0.173. The lowest BCUT2D eigenvalue weighted by Gasteiger charge is -2.38. The number of aromatic nitrogens is 1. The molecule has 2 heterocycles. The number of carbonyl (C=O) groups excluding carboxylic acids is 1. The average Bonchev–Trinajstić information content (AvgIpc) is 2.81. The molecule has 1 amide bonds. The van der Waals surface area contributed by atoms with E-state index in [1.807, 2.05) is 12.1 Å². The maximum absolute atomic E-state index is 12.4. The van der Waals surface area contributed by atoms with Crippen molar-refractivity contribution < 1.29 is 4.79 Å². The van der Waals surface area contributed by atoms with E-state index in [-0.39, 0.29) is 5.91 Å². The maximum Gasteiger partial charge on any atom is 0.219 e. The summed E-state index contributed by atoms with van der Waals surface area (Å²) in [4.78, 5) is 21.4. The number of nitrogens with zero attached hydrogens (tertiary/aromatic N) is 3. The second kappa shape index (κ2) is 10.4. The fourth-order valence-electron chi connectivity index (χ4n) is 4.53. The van der Waals surface area contributed by atoms with Gasteiger partial charge < -0.3 is 10.6 Å². The number of rotatable bonds is 7. The lowest BCUT2D eigenvalue weighted by molar-refractivity contribution is -0.132.